The number of aromatic nitrogens is 3. The molecule has 0 bridgehead atoms. The van der Waals surface area contributed by atoms with Crippen molar-refractivity contribution in [2.45, 2.75) is 100.0 Å². The number of anilines is 2. The van der Waals surface area contributed by atoms with Gasteiger partial charge in [0, 0.05) is 74.6 Å². The van der Waals surface area contributed by atoms with Gasteiger partial charge in [0.2, 0.25) is 5.88 Å². The molecule has 16 nitrogen and oxygen atoms in total. The van der Waals surface area contributed by atoms with E-state index in [-0.39, 0.29) is 55.1 Å². The van der Waals surface area contributed by atoms with Crippen LogP contribution in [0.25, 0.3) is 11.0 Å². The van der Waals surface area contributed by atoms with E-state index < -0.39 is 49.2 Å². The lowest BCUT2D eigenvalue weighted by Gasteiger charge is -2.56. The minimum absolute atomic E-state index is 0.0563. The molecule has 2 aromatic carbocycles. The van der Waals surface area contributed by atoms with Gasteiger partial charge in [0.1, 0.15) is 29.4 Å². The monoisotopic (exact) mass is 908 g/mol. The van der Waals surface area contributed by atoms with Crippen LogP contribution in [0.3, 0.4) is 0 Å². The number of nitrogens with one attached hydrogen (secondary N) is 3. The highest BCUT2D eigenvalue weighted by molar-refractivity contribution is 7.90. The summed E-state index contributed by atoms with van der Waals surface area (Å²) >= 11 is 0. The molecule has 342 valence electrons. The van der Waals surface area contributed by atoms with Gasteiger partial charge in [-0.15, -0.1) is 0 Å². The Balaban J connectivity index is 0.863. The number of ether oxygens (including phenoxy) is 3. The summed E-state index contributed by atoms with van der Waals surface area (Å²) in [7, 11) is -4.83. The first kappa shape index (κ1) is 43.1. The van der Waals surface area contributed by atoms with Crippen molar-refractivity contribution in [2.75, 3.05) is 49.7 Å². The smallest absolute Gasteiger partial charge is 0.300 e. The topological polar surface area (TPSA) is 194 Å². The van der Waals surface area contributed by atoms with Crippen molar-refractivity contribution >= 4 is 44.0 Å². The largest absolute Gasteiger partial charge is 0.474 e. The molecule has 5 aromatic rings. The third kappa shape index (κ3) is 8.24. The van der Waals surface area contributed by atoms with Crippen molar-refractivity contribution in [1.29, 1.82) is 0 Å². The highest BCUT2D eigenvalue weighted by Crippen LogP contribution is 2.54. The molecule has 2 atom stereocenters. The van der Waals surface area contributed by atoms with Crippen LogP contribution in [0.15, 0.2) is 78.1 Å². The number of carbonyl (C=O) groups is 1. The first-order chi connectivity index (χ1) is 31.3. The van der Waals surface area contributed by atoms with Crippen molar-refractivity contribution in [3.05, 3.63) is 99.9 Å². The molecule has 1 amide bonds. The molecule has 65 heavy (non-hydrogen) atoms. The molecule has 10 rings (SSSR count). The van der Waals surface area contributed by atoms with Gasteiger partial charge >= 0.3 is 5.69 Å². The lowest BCUT2D eigenvalue weighted by atomic mass is 9.59. The van der Waals surface area contributed by atoms with Crippen molar-refractivity contribution in [1.82, 2.24) is 24.6 Å². The minimum Gasteiger partial charge on any atom is -0.474 e. The van der Waals surface area contributed by atoms with Crippen LogP contribution in [0.5, 0.6) is 17.4 Å². The number of nitro groups is 1. The number of hydrogen-bond acceptors (Lipinski definition) is 13. The number of sulfonamides is 1. The summed E-state index contributed by atoms with van der Waals surface area (Å²) in [5.74, 6) is -0.542. The van der Waals surface area contributed by atoms with Crippen LogP contribution in [0.4, 0.5) is 21.5 Å². The predicted octanol–water partition coefficient (Wildman–Crippen LogP) is 8.18. The van der Waals surface area contributed by atoms with Gasteiger partial charge in [-0.05, 0) is 91.8 Å². The highest BCUT2D eigenvalue weighted by atomic mass is 32.2. The Labute approximate surface area is 376 Å². The van der Waals surface area contributed by atoms with E-state index in [0.717, 1.165) is 49.6 Å². The van der Waals surface area contributed by atoms with E-state index >= 15 is 4.39 Å². The molecule has 3 N–H and O–H groups in total. The number of nitrogens with zero attached hydrogens (tertiary/aromatic N) is 5. The van der Waals surface area contributed by atoms with Gasteiger partial charge in [0.05, 0.1) is 28.8 Å². The average molecular weight is 909 g/mol. The Hall–Kier alpha value is -5.85. The second kappa shape index (κ2) is 16.9. The van der Waals surface area contributed by atoms with Gasteiger partial charge in [0.15, 0.2) is 10.7 Å². The van der Waals surface area contributed by atoms with Crippen LogP contribution in [0, 0.1) is 15.5 Å². The molecule has 0 radical (unpaired) electrons. The Morgan fingerprint density at radius 3 is 2.60 bits per heavy atom. The first-order valence-corrected chi connectivity index (χ1v) is 24.0. The quantitative estimate of drug-likeness (QED) is 0.0849. The lowest BCUT2D eigenvalue weighted by molar-refractivity contribution is -0.384. The number of hydrogen-bond donors (Lipinski definition) is 3. The van der Waals surface area contributed by atoms with Gasteiger partial charge in [-0.1, -0.05) is 38.1 Å². The number of amides is 1. The van der Waals surface area contributed by atoms with Crippen LogP contribution in [0.1, 0.15) is 98.7 Å². The number of carbonyl (C=O) groups excluding carboxylic acids is 1. The number of H-pyrrole nitrogens is 1. The van der Waals surface area contributed by atoms with Crippen LogP contribution in [0.2, 0.25) is 0 Å². The van der Waals surface area contributed by atoms with Gasteiger partial charge < -0.3 is 29.4 Å². The fraction of sp³-hybridized carbons (Fsp3) is 0.468. The van der Waals surface area contributed by atoms with Crippen molar-refractivity contribution in [3.8, 4) is 17.4 Å². The number of pyridine rings is 2. The van der Waals surface area contributed by atoms with Gasteiger partial charge in [-0.3, -0.25) is 19.8 Å². The molecule has 3 saturated heterocycles. The van der Waals surface area contributed by atoms with Crippen molar-refractivity contribution < 1.29 is 36.7 Å². The number of alkyl halides is 1. The van der Waals surface area contributed by atoms with Gasteiger partial charge in [0.25, 0.3) is 15.9 Å². The number of halogens is 1. The Bertz CT molecular complexity index is 2750. The number of piperidine rings is 1. The highest BCUT2D eigenvalue weighted by Gasteiger charge is 2.50. The number of benzene rings is 2. The number of fused-ring (bicyclic) bond motifs is 2. The minimum atomic E-state index is -4.83. The fourth-order valence-corrected chi connectivity index (χ4v) is 11.7. The standard InChI is InChI=1S/C47H53FN8O8S/c1-29(2)34-6-3-4-7-35(34)37-8-5-17-55(37)32-25-46(26-32)12-18-54(19-13-46)31-9-10-36(39(23-31)64-33-22-30-11-16-49-43(30)50-27-33)44(57)53-65(60,61)41-24-38(56(58)59)42-45(52-41)63-28-40(51-42)47(48)14-20-62-21-15-47/h3-4,6-7,9-11,16,22-24,27,29,32,37,40,51H,5,8,12-15,17-21,25-26,28H2,1-2H3,(H,49,50)(H,53,57)/t37-,40+/m0/s1. The van der Waals surface area contributed by atoms with Gasteiger partial charge in [-0.2, -0.15) is 13.4 Å². The molecule has 4 fully saturated rings. The van der Waals surface area contributed by atoms with E-state index in [1.807, 2.05) is 10.8 Å². The van der Waals surface area contributed by atoms with E-state index in [1.54, 1.807) is 24.4 Å². The van der Waals surface area contributed by atoms with Crippen molar-refractivity contribution in [3.63, 3.8) is 0 Å². The number of likely N-dealkylation sites (tertiary alicyclic amines) is 1. The molecule has 3 aromatic heterocycles. The predicted molar refractivity (Wildman–Crippen MR) is 241 cm³/mol. The normalized spacial score (nSPS) is 21.9. The summed E-state index contributed by atoms with van der Waals surface area (Å²) in [5.41, 5.74) is 1.86. The molecule has 4 aliphatic heterocycles. The summed E-state index contributed by atoms with van der Waals surface area (Å²) in [6.07, 6.45) is 10.2. The van der Waals surface area contributed by atoms with Gasteiger partial charge in [-0.25, -0.2) is 14.1 Å². The maximum atomic E-state index is 15.8. The summed E-state index contributed by atoms with van der Waals surface area (Å²) in [4.78, 5) is 42.1. The Kier molecular flexibility index (Phi) is 11.2. The van der Waals surface area contributed by atoms with Crippen LogP contribution >= 0.6 is 0 Å². The Morgan fingerprint density at radius 2 is 1.83 bits per heavy atom. The average Bonchev–Trinajstić information content (AvgIpc) is 3.98. The number of rotatable bonds is 11. The summed E-state index contributed by atoms with van der Waals surface area (Å²) < 4.78 is 62.8. The van der Waals surface area contributed by atoms with E-state index in [1.165, 1.54) is 49.1 Å². The van der Waals surface area contributed by atoms with Crippen LogP contribution < -0.4 is 24.4 Å². The van der Waals surface area contributed by atoms with Crippen molar-refractivity contribution in [2.24, 2.45) is 5.41 Å². The molecular formula is C47H53FN8O8S. The molecule has 0 unspecified atom stereocenters. The molecule has 5 aliphatic rings. The molecule has 1 aliphatic carbocycles. The maximum Gasteiger partial charge on any atom is 0.300 e. The van der Waals surface area contributed by atoms with E-state index in [9.17, 15) is 23.3 Å². The lowest BCUT2D eigenvalue weighted by Crippen LogP contribution is -2.54. The van der Waals surface area contributed by atoms with E-state index in [2.05, 4.69) is 68.2 Å². The zero-order valence-corrected chi connectivity index (χ0v) is 37.2. The van der Waals surface area contributed by atoms with Crippen LogP contribution in [-0.4, -0.2) is 96.3 Å². The zero-order valence-electron chi connectivity index (χ0n) is 36.4. The second-order valence-electron chi connectivity index (χ2n) is 18.6. The maximum absolute atomic E-state index is 15.8. The Morgan fingerprint density at radius 1 is 1.05 bits per heavy atom. The van der Waals surface area contributed by atoms with Crippen LogP contribution in [-0.2, 0) is 14.8 Å². The molecule has 1 saturated carbocycles. The molecule has 18 heteroatoms. The molecule has 7 heterocycles. The summed E-state index contributed by atoms with van der Waals surface area (Å²) in [5, 5.41) is 15.1. The number of aromatic amines is 1. The summed E-state index contributed by atoms with van der Waals surface area (Å²) in [6.45, 7) is 7.41. The first-order valence-electron chi connectivity index (χ1n) is 22.6. The third-order valence-corrected chi connectivity index (χ3v) is 15.6. The van der Waals surface area contributed by atoms with E-state index in [0.29, 0.717) is 29.4 Å². The second-order valence-corrected chi connectivity index (χ2v) is 20.2. The molecule has 1 spiro atoms. The fourth-order valence-electron chi connectivity index (χ4n) is 10.8. The zero-order chi connectivity index (χ0) is 45.1. The summed E-state index contributed by atoms with van der Waals surface area (Å²) in [6, 6.07) is 18.4. The SMILES string of the molecule is CC(C)c1ccccc1[C@@H]1CCCN1C1CC2(CCN(c3ccc(C(=O)NS(=O)(=O)c4cc([N+](=O)[O-])c5c(n4)OC[C@H](C4(F)CCOCC4)N5)c(Oc4cnc5[nH]ccc5c4)c3)CC2)C1. The van der Waals surface area contributed by atoms with E-state index in [4.69, 9.17) is 14.2 Å². The third-order valence-electron chi connectivity index (χ3n) is 14.4. The molecular weight excluding hydrogens is 856 g/mol.